The fourth-order valence-corrected chi connectivity index (χ4v) is 2.26. The van der Waals surface area contributed by atoms with Crippen LogP contribution >= 0.6 is 11.3 Å². The maximum absolute atomic E-state index is 12.3. The van der Waals surface area contributed by atoms with E-state index in [2.05, 4.69) is 4.98 Å². The summed E-state index contributed by atoms with van der Waals surface area (Å²) in [5.41, 5.74) is 6.86. The fourth-order valence-electron chi connectivity index (χ4n) is 1.72. The zero-order chi connectivity index (χ0) is 13.7. The number of nitrogen functional groups attached to an aromatic ring is 1. The molecule has 3 N–H and O–H groups in total. The molecular weight excluding hydrogens is 262 g/mol. The van der Waals surface area contributed by atoms with Crippen LogP contribution in [0, 0.1) is 0 Å². The summed E-state index contributed by atoms with van der Waals surface area (Å²) >= 11 is 1.23. The molecule has 2 aromatic rings. The van der Waals surface area contributed by atoms with Crippen LogP contribution in [0.3, 0.4) is 0 Å². The Hall–Kier alpha value is -1.92. The first-order valence-electron chi connectivity index (χ1n) is 5.86. The number of hydrogen-bond donors (Lipinski definition) is 2. The molecule has 2 rings (SSSR count). The zero-order valence-electron chi connectivity index (χ0n) is 10.3. The fraction of sp³-hybridized carbons (Fsp3) is 0.231. The van der Waals surface area contributed by atoms with E-state index >= 15 is 0 Å². The van der Waals surface area contributed by atoms with Gasteiger partial charge in [-0.1, -0.05) is 30.3 Å². The molecule has 1 aromatic heterocycles. The molecule has 6 heteroatoms. The molecule has 0 unspecified atom stereocenters. The molecule has 0 atom stereocenters. The number of nitrogens with zero attached hydrogens (tertiary/aromatic N) is 2. The Kier molecular flexibility index (Phi) is 4.48. The predicted molar refractivity (Wildman–Crippen MR) is 74.8 cm³/mol. The van der Waals surface area contributed by atoms with Crippen molar-refractivity contribution in [2.75, 3.05) is 18.9 Å². The van der Waals surface area contributed by atoms with Gasteiger partial charge in [-0.25, -0.2) is 4.98 Å². The highest BCUT2D eigenvalue weighted by molar-refractivity contribution is 7.13. The topological polar surface area (TPSA) is 79.5 Å². The number of aliphatic hydroxyl groups excluding tert-OH is 1. The molecule has 0 saturated heterocycles. The number of anilines is 1. The van der Waals surface area contributed by atoms with Gasteiger partial charge in [0.1, 0.15) is 5.69 Å². The summed E-state index contributed by atoms with van der Waals surface area (Å²) in [6.45, 7) is 0.626. The van der Waals surface area contributed by atoms with E-state index in [1.54, 1.807) is 10.3 Å². The average Bonchev–Trinajstić information content (AvgIpc) is 2.85. The Morgan fingerprint density at radius 3 is 2.68 bits per heavy atom. The van der Waals surface area contributed by atoms with Gasteiger partial charge in [-0.15, -0.1) is 11.3 Å². The number of nitrogens with two attached hydrogens (primary N) is 1. The summed E-state index contributed by atoms with van der Waals surface area (Å²) in [7, 11) is 0. The monoisotopic (exact) mass is 277 g/mol. The minimum atomic E-state index is -0.217. The molecular formula is C13H15N3O2S. The van der Waals surface area contributed by atoms with Crippen LogP contribution < -0.4 is 5.73 Å². The van der Waals surface area contributed by atoms with Crippen LogP contribution in [0.1, 0.15) is 16.1 Å². The van der Waals surface area contributed by atoms with Crippen LogP contribution in [0.15, 0.2) is 35.7 Å². The molecule has 0 radical (unpaired) electrons. The van der Waals surface area contributed by atoms with Crippen molar-refractivity contribution in [3.05, 3.63) is 47.0 Å². The maximum Gasteiger partial charge on any atom is 0.273 e. The molecule has 19 heavy (non-hydrogen) atoms. The largest absolute Gasteiger partial charge is 0.395 e. The number of rotatable bonds is 5. The van der Waals surface area contributed by atoms with Crippen LogP contribution in [0.2, 0.25) is 0 Å². The molecule has 0 fully saturated rings. The maximum atomic E-state index is 12.3. The van der Waals surface area contributed by atoms with Gasteiger partial charge in [0.05, 0.1) is 6.61 Å². The van der Waals surface area contributed by atoms with E-state index in [1.807, 2.05) is 30.3 Å². The van der Waals surface area contributed by atoms with Gasteiger partial charge in [-0.05, 0) is 5.56 Å². The summed E-state index contributed by atoms with van der Waals surface area (Å²) in [5, 5.41) is 11.1. The predicted octanol–water partition coefficient (Wildman–Crippen LogP) is 1.36. The zero-order valence-corrected chi connectivity index (χ0v) is 11.1. The van der Waals surface area contributed by atoms with Crippen molar-refractivity contribution in [2.45, 2.75) is 6.54 Å². The van der Waals surface area contributed by atoms with Crippen LogP contribution in [0.4, 0.5) is 5.13 Å². The number of hydrogen-bond acceptors (Lipinski definition) is 5. The SMILES string of the molecule is Nc1nc(C(=O)N(CCO)Cc2ccccc2)cs1. The van der Waals surface area contributed by atoms with Crippen molar-refractivity contribution in [1.82, 2.24) is 9.88 Å². The Bertz CT molecular complexity index is 542. The first-order valence-corrected chi connectivity index (χ1v) is 6.73. The third-order valence-electron chi connectivity index (χ3n) is 2.61. The first-order chi connectivity index (χ1) is 9.20. The minimum absolute atomic E-state index is 0.0851. The van der Waals surface area contributed by atoms with Crippen LogP contribution in [-0.4, -0.2) is 34.0 Å². The first kappa shape index (κ1) is 13.5. The van der Waals surface area contributed by atoms with Gasteiger partial charge >= 0.3 is 0 Å². The van der Waals surface area contributed by atoms with Gasteiger partial charge in [0.25, 0.3) is 5.91 Å². The lowest BCUT2D eigenvalue weighted by Crippen LogP contribution is -2.33. The lowest BCUT2D eigenvalue weighted by Gasteiger charge is -2.20. The molecule has 0 bridgehead atoms. The second-order valence-corrected chi connectivity index (χ2v) is 4.90. The van der Waals surface area contributed by atoms with E-state index in [-0.39, 0.29) is 19.1 Å². The molecule has 5 nitrogen and oxygen atoms in total. The van der Waals surface area contributed by atoms with Crippen molar-refractivity contribution >= 4 is 22.4 Å². The van der Waals surface area contributed by atoms with Crippen LogP contribution in [-0.2, 0) is 6.54 Å². The number of thiazole rings is 1. The lowest BCUT2D eigenvalue weighted by molar-refractivity contribution is 0.0703. The van der Waals surface area contributed by atoms with Crippen molar-refractivity contribution in [3.63, 3.8) is 0 Å². The number of carbonyl (C=O) groups excluding carboxylic acids is 1. The summed E-state index contributed by atoms with van der Waals surface area (Å²) in [5.74, 6) is -0.217. The van der Waals surface area contributed by atoms with Gasteiger partial charge in [0.15, 0.2) is 5.13 Å². The molecule has 1 heterocycles. The molecule has 1 amide bonds. The average molecular weight is 277 g/mol. The van der Waals surface area contributed by atoms with E-state index in [0.29, 0.717) is 17.4 Å². The Balaban J connectivity index is 2.13. The second-order valence-electron chi connectivity index (χ2n) is 4.01. The van der Waals surface area contributed by atoms with Gasteiger partial charge in [0.2, 0.25) is 0 Å². The van der Waals surface area contributed by atoms with E-state index in [9.17, 15) is 4.79 Å². The van der Waals surface area contributed by atoms with Gasteiger partial charge in [0, 0.05) is 18.5 Å². The molecule has 0 aliphatic rings. The quantitative estimate of drug-likeness (QED) is 0.865. The Morgan fingerprint density at radius 1 is 1.37 bits per heavy atom. The highest BCUT2D eigenvalue weighted by Gasteiger charge is 2.18. The summed E-state index contributed by atoms with van der Waals surface area (Å²) in [6, 6.07) is 9.62. The standard InChI is InChI=1S/C13H15N3O2S/c14-13-15-11(9-19-13)12(18)16(6-7-17)8-10-4-2-1-3-5-10/h1-5,9,17H,6-8H2,(H2,14,15). The highest BCUT2D eigenvalue weighted by atomic mass is 32.1. The van der Waals surface area contributed by atoms with Crippen molar-refractivity contribution < 1.29 is 9.90 Å². The normalized spacial score (nSPS) is 10.4. The summed E-state index contributed by atoms with van der Waals surface area (Å²) < 4.78 is 0. The van der Waals surface area contributed by atoms with E-state index < -0.39 is 0 Å². The highest BCUT2D eigenvalue weighted by Crippen LogP contribution is 2.14. The Morgan fingerprint density at radius 2 is 2.11 bits per heavy atom. The third-order valence-corrected chi connectivity index (χ3v) is 3.29. The van der Waals surface area contributed by atoms with Crippen molar-refractivity contribution in [2.24, 2.45) is 0 Å². The van der Waals surface area contributed by atoms with Crippen LogP contribution in [0.25, 0.3) is 0 Å². The smallest absolute Gasteiger partial charge is 0.273 e. The van der Waals surface area contributed by atoms with E-state index in [0.717, 1.165) is 5.56 Å². The Labute approximate surface area is 115 Å². The van der Waals surface area contributed by atoms with Crippen LogP contribution in [0.5, 0.6) is 0 Å². The molecule has 0 saturated carbocycles. The van der Waals surface area contributed by atoms with Gasteiger partial charge in [-0.3, -0.25) is 4.79 Å². The molecule has 100 valence electrons. The number of carbonyl (C=O) groups is 1. The van der Waals surface area contributed by atoms with E-state index in [4.69, 9.17) is 10.8 Å². The molecule has 0 aliphatic carbocycles. The number of aromatic nitrogens is 1. The lowest BCUT2D eigenvalue weighted by atomic mass is 10.2. The molecule has 0 spiro atoms. The second kappa shape index (κ2) is 6.31. The summed E-state index contributed by atoms with van der Waals surface area (Å²) in [4.78, 5) is 17.8. The van der Waals surface area contributed by atoms with Gasteiger partial charge < -0.3 is 15.7 Å². The van der Waals surface area contributed by atoms with Crippen molar-refractivity contribution in [1.29, 1.82) is 0 Å². The molecule has 1 aromatic carbocycles. The van der Waals surface area contributed by atoms with Crippen molar-refractivity contribution in [3.8, 4) is 0 Å². The number of aliphatic hydroxyl groups is 1. The third kappa shape index (κ3) is 3.52. The number of amides is 1. The molecule has 0 aliphatic heterocycles. The van der Waals surface area contributed by atoms with Gasteiger partial charge in [-0.2, -0.15) is 0 Å². The minimum Gasteiger partial charge on any atom is -0.395 e. The number of benzene rings is 1. The summed E-state index contributed by atoms with van der Waals surface area (Å²) in [6.07, 6.45) is 0. The van der Waals surface area contributed by atoms with E-state index in [1.165, 1.54) is 11.3 Å².